The van der Waals surface area contributed by atoms with E-state index in [1.165, 1.54) is 14.2 Å². The van der Waals surface area contributed by atoms with Crippen molar-refractivity contribution >= 4 is 12.8 Å². The molecule has 0 unspecified atom stereocenters. The Labute approximate surface area is 56.5 Å². The van der Waals surface area contributed by atoms with Crippen molar-refractivity contribution in [3.8, 4) is 0 Å². The maximum absolute atomic E-state index is 4.37. The molecule has 0 aromatic heterocycles. The van der Waals surface area contributed by atoms with Gasteiger partial charge in [-0.05, 0) is 17.4 Å². The molecule has 0 aliphatic carbocycles. The lowest BCUT2D eigenvalue weighted by Gasteiger charge is -2.04. The van der Waals surface area contributed by atoms with Gasteiger partial charge in [0, 0.05) is 0 Å². The molecule has 0 radical (unpaired) electrons. The molecular weight excluding hydrogens is 159 g/mol. The van der Waals surface area contributed by atoms with Gasteiger partial charge in [0.1, 0.15) is 0 Å². The van der Waals surface area contributed by atoms with Crippen LogP contribution in [0.15, 0.2) is 0 Å². The Morgan fingerprint density at radius 2 is 1.22 bits per heavy atom. The van der Waals surface area contributed by atoms with Crippen LogP contribution >= 0.6 is 12.8 Å². The first kappa shape index (κ1) is 23.0. The van der Waals surface area contributed by atoms with Crippen LogP contribution in [0.1, 0.15) is 0 Å². The van der Waals surface area contributed by atoms with Gasteiger partial charge in [-0.2, -0.15) is 0 Å². The van der Waals surface area contributed by atoms with Crippen LogP contribution in [0.5, 0.6) is 0 Å². The normalized spacial score (nSPS) is 6.67. The third kappa shape index (κ3) is 18.0. The molecule has 9 heavy (non-hydrogen) atoms. The van der Waals surface area contributed by atoms with E-state index in [9.17, 15) is 0 Å². The maximum Gasteiger partial charge on any atom is 0.0611 e. The SMILES string of the molecule is CON(S)OC.F.F.F. The number of hydrogen-bond acceptors (Lipinski definition) is 4. The molecule has 0 heterocycles. The molecule has 0 aromatic carbocycles. The lowest BCUT2D eigenvalue weighted by molar-refractivity contribution is -0.260. The monoisotopic (exact) mass is 169 g/mol. The highest BCUT2D eigenvalue weighted by Gasteiger charge is 1.83. The minimum absolute atomic E-state index is 0. The fraction of sp³-hybridized carbons (Fsp3) is 1.00. The Kier molecular flexibility index (Phi) is 40.1. The Morgan fingerprint density at radius 1 is 1.00 bits per heavy atom. The Balaban J connectivity index is -0.0000000417. The van der Waals surface area contributed by atoms with E-state index in [2.05, 4.69) is 22.5 Å². The predicted molar refractivity (Wildman–Crippen MR) is 32.4 cm³/mol. The molecular formula is C2H10F3NO2S. The van der Waals surface area contributed by atoms with Gasteiger partial charge in [-0.25, -0.2) is 0 Å². The zero-order chi connectivity index (χ0) is 4.99. The molecule has 0 aromatic rings. The fourth-order valence-electron chi connectivity index (χ4n) is 0.0745. The molecule has 0 spiro atoms. The van der Waals surface area contributed by atoms with E-state index in [1.807, 2.05) is 0 Å². The van der Waals surface area contributed by atoms with E-state index in [4.69, 9.17) is 0 Å². The highest BCUT2D eigenvalue weighted by atomic mass is 32.1. The molecule has 3 nitrogen and oxygen atoms in total. The summed E-state index contributed by atoms with van der Waals surface area (Å²) in [6.07, 6.45) is 0. The zero-order valence-corrected chi connectivity index (χ0v) is 5.83. The second-order valence-electron chi connectivity index (χ2n) is 0.603. The third-order valence-corrected chi connectivity index (χ3v) is 0.639. The number of halogens is 3. The number of rotatable bonds is 2. The second-order valence-corrected chi connectivity index (χ2v) is 0.930. The summed E-state index contributed by atoms with van der Waals surface area (Å²) in [5, 5.41) is 0. The van der Waals surface area contributed by atoms with Crippen LogP contribution in [0.4, 0.5) is 14.1 Å². The predicted octanol–water partition coefficient (Wildman–Crippen LogP) is 0.713. The van der Waals surface area contributed by atoms with Gasteiger partial charge in [0.15, 0.2) is 0 Å². The van der Waals surface area contributed by atoms with Crippen molar-refractivity contribution in [3.63, 3.8) is 0 Å². The summed E-state index contributed by atoms with van der Waals surface area (Å²) in [6.45, 7) is 0. The number of hydrogen-bond donors (Lipinski definition) is 1. The molecule has 0 rings (SSSR count). The van der Waals surface area contributed by atoms with E-state index in [1.54, 1.807) is 0 Å². The first-order chi connectivity index (χ1) is 2.81. The topological polar surface area (TPSA) is 21.7 Å². The van der Waals surface area contributed by atoms with Gasteiger partial charge < -0.3 is 0 Å². The largest absolute Gasteiger partial charge is 0.269 e. The van der Waals surface area contributed by atoms with Crippen molar-refractivity contribution in [2.45, 2.75) is 0 Å². The van der Waals surface area contributed by atoms with Crippen molar-refractivity contribution in [1.29, 1.82) is 0 Å². The second kappa shape index (κ2) is 15.7. The first-order valence-corrected chi connectivity index (χ1v) is 1.78. The molecule has 0 atom stereocenters. The van der Waals surface area contributed by atoms with Gasteiger partial charge in [0.2, 0.25) is 0 Å². The molecule has 0 aliphatic heterocycles. The van der Waals surface area contributed by atoms with Gasteiger partial charge in [-0.15, -0.1) is 0 Å². The lowest BCUT2D eigenvalue weighted by atomic mass is 11.7. The zero-order valence-electron chi connectivity index (χ0n) is 4.94. The summed E-state index contributed by atoms with van der Waals surface area (Å²) < 4.78 is 0.944. The molecule has 0 aliphatic rings. The molecule has 0 bridgehead atoms. The van der Waals surface area contributed by atoms with E-state index in [0.29, 0.717) is 0 Å². The summed E-state index contributed by atoms with van der Waals surface area (Å²) in [4.78, 5) is 8.75. The van der Waals surface area contributed by atoms with Gasteiger partial charge in [-0.1, -0.05) is 0 Å². The maximum atomic E-state index is 4.37. The van der Waals surface area contributed by atoms with Crippen LogP contribution in [-0.2, 0) is 9.68 Å². The van der Waals surface area contributed by atoms with Crippen molar-refractivity contribution in [2.24, 2.45) is 0 Å². The Bertz CT molecular complexity index is 39.0. The van der Waals surface area contributed by atoms with Crippen molar-refractivity contribution in [3.05, 3.63) is 0 Å². The molecule has 0 amide bonds. The summed E-state index contributed by atoms with van der Waals surface area (Å²) in [5.41, 5.74) is 0. The van der Waals surface area contributed by atoms with E-state index in [0.717, 1.165) is 4.63 Å². The van der Waals surface area contributed by atoms with Gasteiger partial charge in [0.25, 0.3) is 0 Å². The van der Waals surface area contributed by atoms with Crippen LogP contribution in [-0.4, -0.2) is 18.9 Å². The van der Waals surface area contributed by atoms with Crippen LogP contribution < -0.4 is 0 Å². The van der Waals surface area contributed by atoms with Crippen LogP contribution in [0.25, 0.3) is 0 Å². The van der Waals surface area contributed by atoms with Gasteiger partial charge >= 0.3 is 0 Å². The average Bonchev–Trinajstić information content (AvgIpc) is 1.65. The fourth-order valence-corrected chi connectivity index (χ4v) is 0.0745. The summed E-state index contributed by atoms with van der Waals surface area (Å²) in [6, 6.07) is 0. The van der Waals surface area contributed by atoms with E-state index >= 15 is 0 Å². The molecule has 0 saturated heterocycles. The standard InChI is InChI=1S/C2H7NO2S.3FH/c1-4-3(6)5-2;;;/h6H,1-2H3;3*1H. The quantitative estimate of drug-likeness (QED) is 0.486. The summed E-state index contributed by atoms with van der Waals surface area (Å²) >= 11 is 3.62. The minimum Gasteiger partial charge on any atom is -0.269 e. The lowest BCUT2D eigenvalue weighted by Crippen LogP contribution is -2.06. The van der Waals surface area contributed by atoms with Gasteiger partial charge in [-0.3, -0.25) is 23.8 Å². The molecule has 7 heteroatoms. The van der Waals surface area contributed by atoms with Crippen molar-refractivity contribution < 1.29 is 23.8 Å². The van der Waals surface area contributed by atoms with Crippen molar-refractivity contribution in [2.75, 3.05) is 14.2 Å². The van der Waals surface area contributed by atoms with E-state index in [-0.39, 0.29) is 14.1 Å². The van der Waals surface area contributed by atoms with Gasteiger partial charge in [0.05, 0.1) is 14.2 Å². The highest BCUT2D eigenvalue weighted by Crippen LogP contribution is 1.87. The third-order valence-electron chi connectivity index (χ3n) is 0.312. The van der Waals surface area contributed by atoms with Crippen LogP contribution in [0, 0.1) is 0 Å². The first-order valence-electron chi connectivity index (χ1n) is 1.38. The highest BCUT2D eigenvalue weighted by molar-refractivity contribution is 7.77. The molecule has 62 valence electrons. The summed E-state index contributed by atoms with van der Waals surface area (Å²) in [7, 11) is 2.91. The Hall–Kier alpha value is 0.0200. The van der Waals surface area contributed by atoms with Crippen LogP contribution in [0.2, 0.25) is 0 Å². The minimum atomic E-state index is 0. The van der Waals surface area contributed by atoms with Crippen molar-refractivity contribution in [1.82, 2.24) is 4.63 Å². The molecule has 0 saturated carbocycles. The average molecular weight is 169 g/mol. The number of nitrogens with zero attached hydrogens (tertiary/aromatic N) is 1. The summed E-state index contributed by atoms with van der Waals surface area (Å²) in [5.74, 6) is 0. The Morgan fingerprint density at radius 3 is 1.22 bits per heavy atom. The molecule has 0 fully saturated rings. The van der Waals surface area contributed by atoms with E-state index < -0.39 is 0 Å². The number of thiol groups is 1. The van der Waals surface area contributed by atoms with Crippen LogP contribution in [0.3, 0.4) is 0 Å². The smallest absolute Gasteiger partial charge is 0.0611 e. The molecule has 0 N–H and O–H groups in total.